The van der Waals surface area contributed by atoms with Crippen molar-refractivity contribution in [1.29, 1.82) is 0 Å². The maximum Gasteiger partial charge on any atom is 0.0677 e. The molecule has 2 aliphatic rings. The molecular formula is C15H29NO. The minimum Gasteiger partial charge on any atom is -0.369 e. The van der Waals surface area contributed by atoms with Gasteiger partial charge in [-0.05, 0) is 58.8 Å². The molecule has 0 amide bonds. The Hall–Kier alpha value is -0.0800. The zero-order valence-electron chi connectivity index (χ0n) is 12.1. The lowest BCUT2D eigenvalue weighted by Crippen LogP contribution is -2.45. The van der Waals surface area contributed by atoms with Gasteiger partial charge in [0.15, 0.2) is 0 Å². The molecule has 0 radical (unpaired) electrons. The normalized spacial score (nSPS) is 41.6. The average Bonchev–Trinajstić information content (AvgIpc) is 2.66. The van der Waals surface area contributed by atoms with E-state index in [1.807, 2.05) is 0 Å². The summed E-state index contributed by atoms with van der Waals surface area (Å²) in [6.07, 6.45) is 5.09. The van der Waals surface area contributed by atoms with Gasteiger partial charge in [-0.15, -0.1) is 0 Å². The van der Waals surface area contributed by atoms with Crippen LogP contribution in [0.5, 0.6) is 0 Å². The molecule has 1 heterocycles. The number of hydrogen-bond donors (Lipinski definition) is 1. The Morgan fingerprint density at radius 2 is 1.82 bits per heavy atom. The molecule has 2 heteroatoms. The van der Waals surface area contributed by atoms with E-state index in [0.29, 0.717) is 17.9 Å². The van der Waals surface area contributed by atoms with E-state index in [2.05, 4.69) is 34.6 Å². The van der Waals surface area contributed by atoms with Crippen molar-refractivity contribution in [2.45, 2.75) is 77.5 Å². The van der Waals surface area contributed by atoms with E-state index in [1.165, 1.54) is 19.3 Å². The van der Waals surface area contributed by atoms with Crippen molar-refractivity contribution < 1.29 is 4.74 Å². The fraction of sp³-hybridized carbons (Fsp3) is 1.00. The zero-order chi connectivity index (χ0) is 12.8. The largest absolute Gasteiger partial charge is 0.369 e. The summed E-state index contributed by atoms with van der Waals surface area (Å²) in [6, 6.07) is 0.316. The van der Waals surface area contributed by atoms with Crippen LogP contribution in [0.15, 0.2) is 0 Å². The molecule has 4 atom stereocenters. The zero-order valence-corrected chi connectivity index (χ0v) is 12.1. The molecule has 17 heavy (non-hydrogen) atoms. The summed E-state index contributed by atoms with van der Waals surface area (Å²) in [5.41, 5.74) is 6.50. The van der Waals surface area contributed by atoms with E-state index in [0.717, 1.165) is 12.3 Å². The first-order valence-corrected chi connectivity index (χ1v) is 7.17. The average molecular weight is 239 g/mol. The van der Waals surface area contributed by atoms with Gasteiger partial charge in [0.1, 0.15) is 0 Å². The molecule has 0 aromatic rings. The van der Waals surface area contributed by atoms with Crippen LogP contribution in [0.2, 0.25) is 0 Å². The molecule has 1 aliphatic carbocycles. The number of rotatable bonds is 2. The first-order valence-electron chi connectivity index (χ1n) is 7.17. The molecule has 0 aromatic carbocycles. The van der Waals surface area contributed by atoms with Gasteiger partial charge >= 0.3 is 0 Å². The van der Waals surface area contributed by atoms with Crippen LogP contribution in [0.4, 0.5) is 0 Å². The molecule has 100 valence electrons. The van der Waals surface area contributed by atoms with Crippen LogP contribution < -0.4 is 5.73 Å². The van der Waals surface area contributed by atoms with E-state index in [9.17, 15) is 0 Å². The van der Waals surface area contributed by atoms with E-state index in [4.69, 9.17) is 10.5 Å². The van der Waals surface area contributed by atoms with E-state index in [1.54, 1.807) is 0 Å². The predicted octanol–water partition coefficient (Wildman–Crippen LogP) is 3.34. The Bertz CT molecular complexity index is 285. The number of nitrogens with two attached hydrogens (primary N) is 1. The van der Waals surface area contributed by atoms with Crippen molar-refractivity contribution in [2.24, 2.45) is 23.5 Å². The van der Waals surface area contributed by atoms with Crippen molar-refractivity contribution in [3.8, 4) is 0 Å². The molecule has 2 fully saturated rings. The van der Waals surface area contributed by atoms with Crippen LogP contribution in [-0.4, -0.2) is 17.2 Å². The van der Waals surface area contributed by atoms with Crippen LogP contribution in [-0.2, 0) is 4.74 Å². The smallest absolute Gasteiger partial charge is 0.0677 e. The second-order valence-electron chi connectivity index (χ2n) is 7.53. The quantitative estimate of drug-likeness (QED) is 0.802. The van der Waals surface area contributed by atoms with E-state index in [-0.39, 0.29) is 11.2 Å². The molecule has 2 rings (SSSR count). The highest BCUT2D eigenvalue weighted by molar-refractivity contribution is 5.01. The minimum absolute atomic E-state index is 0.00396. The van der Waals surface area contributed by atoms with Crippen LogP contribution >= 0.6 is 0 Å². The summed E-state index contributed by atoms with van der Waals surface area (Å²) in [5, 5.41) is 0. The SMILES string of the molecule is CC1CCC(C(N)C2CC(C)(C)OC2(C)C)C1. The molecular weight excluding hydrogens is 210 g/mol. The standard InChI is InChI=1S/C15H29NO/c1-10-6-7-11(8-10)13(16)12-9-14(2,3)17-15(12,4)5/h10-13H,6-9,16H2,1-5H3. The van der Waals surface area contributed by atoms with E-state index >= 15 is 0 Å². The molecule has 0 spiro atoms. The maximum absolute atomic E-state index is 6.56. The minimum atomic E-state index is -0.0608. The lowest BCUT2D eigenvalue weighted by atomic mass is 9.76. The lowest BCUT2D eigenvalue weighted by Gasteiger charge is -2.34. The molecule has 1 saturated carbocycles. The van der Waals surface area contributed by atoms with Gasteiger partial charge < -0.3 is 10.5 Å². The van der Waals surface area contributed by atoms with Gasteiger partial charge in [0, 0.05) is 12.0 Å². The molecule has 2 N–H and O–H groups in total. The number of hydrogen-bond acceptors (Lipinski definition) is 2. The summed E-state index contributed by atoms with van der Waals surface area (Å²) in [7, 11) is 0. The van der Waals surface area contributed by atoms with Gasteiger partial charge in [-0.25, -0.2) is 0 Å². The first-order chi connectivity index (χ1) is 7.71. The first kappa shape index (κ1) is 13.4. The monoisotopic (exact) mass is 239 g/mol. The molecule has 1 aliphatic heterocycles. The Balaban J connectivity index is 2.06. The van der Waals surface area contributed by atoms with E-state index < -0.39 is 0 Å². The van der Waals surface area contributed by atoms with Gasteiger partial charge in [0.25, 0.3) is 0 Å². The Morgan fingerprint density at radius 1 is 1.18 bits per heavy atom. The third-order valence-corrected chi connectivity index (χ3v) is 4.89. The molecule has 4 unspecified atom stereocenters. The van der Waals surface area contributed by atoms with Gasteiger partial charge in [0.2, 0.25) is 0 Å². The second kappa shape index (κ2) is 4.24. The highest BCUT2D eigenvalue weighted by Crippen LogP contribution is 2.46. The van der Waals surface area contributed by atoms with Crippen molar-refractivity contribution in [3.63, 3.8) is 0 Å². The van der Waals surface area contributed by atoms with Crippen molar-refractivity contribution in [3.05, 3.63) is 0 Å². The van der Waals surface area contributed by atoms with Crippen LogP contribution in [0, 0.1) is 17.8 Å². The van der Waals surface area contributed by atoms with Gasteiger partial charge in [0.05, 0.1) is 11.2 Å². The maximum atomic E-state index is 6.56. The predicted molar refractivity (Wildman–Crippen MR) is 71.8 cm³/mol. The Kier molecular flexibility index (Phi) is 3.33. The van der Waals surface area contributed by atoms with Crippen molar-refractivity contribution in [1.82, 2.24) is 0 Å². The molecule has 2 nitrogen and oxygen atoms in total. The van der Waals surface area contributed by atoms with Crippen LogP contribution in [0.1, 0.15) is 60.3 Å². The van der Waals surface area contributed by atoms with Crippen molar-refractivity contribution >= 4 is 0 Å². The summed E-state index contributed by atoms with van der Waals surface area (Å²) >= 11 is 0. The van der Waals surface area contributed by atoms with Gasteiger partial charge in [-0.3, -0.25) is 0 Å². The lowest BCUT2D eigenvalue weighted by molar-refractivity contribution is -0.0781. The fourth-order valence-corrected chi connectivity index (χ4v) is 4.13. The van der Waals surface area contributed by atoms with Gasteiger partial charge in [-0.1, -0.05) is 13.3 Å². The fourth-order valence-electron chi connectivity index (χ4n) is 4.13. The van der Waals surface area contributed by atoms with Crippen LogP contribution in [0.25, 0.3) is 0 Å². The highest BCUT2D eigenvalue weighted by Gasteiger charge is 2.50. The summed E-state index contributed by atoms with van der Waals surface area (Å²) in [4.78, 5) is 0. The Morgan fingerprint density at radius 3 is 2.24 bits per heavy atom. The van der Waals surface area contributed by atoms with Gasteiger partial charge in [-0.2, -0.15) is 0 Å². The van der Waals surface area contributed by atoms with Crippen molar-refractivity contribution in [2.75, 3.05) is 0 Å². The highest BCUT2D eigenvalue weighted by atomic mass is 16.5. The molecule has 0 aromatic heterocycles. The Labute approximate surface area is 106 Å². The molecule has 0 bridgehead atoms. The summed E-state index contributed by atoms with van der Waals surface area (Å²) < 4.78 is 6.18. The second-order valence-corrected chi connectivity index (χ2v) is 7.53. The molecule has 1 saturated heterocycles. The third-order valence-electron chi connectivity index (χ3n) is 4.89. The third kappa shape index (κ3) is 2.68. The number of ether oxygens (including phenoxy) is 1. The summed E-state index contributed by atoms with van der Waals surface area (Å²) in [6.45, 7) is 11.2. The summed E-state index contributed by atoms with van der Waals surface area (Å²) in [5.74, 6) is 2.09. The van der Waals surface area contributed by atoms with Crippen LogP contribution in [0.3, 0.4) is 0 Å². The topological polar surface area (TPSA) is 35.2 Å².